The van der Waals surface area contributed by atoms with Crippen LogP contribution in [0, 0.1) is 5.92 Å². The molecular weight excluding hydrogens is 188 g/mol. The molecular formula is C12H26N2O. The van der Waals surface area contributed by atoms with Gasteiger partial charge in [-0.05, 0) is 58.8 Å². The third-order valence-corrected chi connectivity index (χ3v) is 3.53. The second-order valence-corrected chi connectivity index (χ2v) is 5.13. The summed E-state index contributed by atoms with van der Waals surface area (Å²) >= 11 is 0. The lowest BCUT2D eigenvalue weighted by atomic mass is 9.95. The smallest absolute Gasteiger partial charge is 0.0743 e. The molecule has 1 atom stereocenters. The Bertz CT molecular complexity index is 174. The Balaban J connectivity index is 2.25. The van der Waals surface area contributed by atoms with E-state index < -0.39 is 5.60 Å². The second kappa shape index (κ2) is 5.83. The average molecular weight is 214 g/mol. The van der Waals surface area contributed by atoms with E-state index in [0.29, 0.717) is 0 Å². The third kappa shape index (κ3) is 4.49. The van der Waals surface area contributed by atoms with Crippen LogP contribution >= 0.6 is 0 Å². The largest absolute Gasteiger partial charge is 0.389 e. The van der Waals surface area contributed by atoms with Crippen LogP contribution in [-0.4, -0.2) is 48.8 Å². The number of piperidine rings is 1. The average Bonchev–Trinajstić information content (AvgIpc) is 2.21. The van der Waals surface area contributed by atoms with Gasteiger partial charge in [-0.25, -0.2) is 0 Å². The van der Waals surface area contributed by atoms with Crippen molar-refractivity contribution in [3.8, 4) is 0 Å². The van der Waals surface area contributed by atoms with Crippen molar-refractivity contribution in [2.24, 2.45) is 5.92 Å². The Kier molecular flexibility index (Phi) is 5.03. The molecule has 2 N–H and O–H groups in total. The van der Waals surface area contributed by atoms with Crippen LogP contribution in [-0.2, 0) is 0 Å². The summed E-state index contributed by atoms with van der Waals surface area (Å²) in [6, 6.07) is 0. The molecule has 1 fully saturated rings. The maximum atomic E-state index is 9.99. The number of hydrogen-bond donors (Lipinski definition) is 2. The first-order valence-corrected chi connectivity index (χ1v) is 6.16. The monoisotopic (exact) mass is 214 g/mol. The van der Waals surface area contributed by atoms with Gasteiger partial charge in [0.2, 0.25) is 0 Å². The fraction of sp³-hybridized carbons (Fsp3) is 1.00. The summed E-state index contributed by atoms with van der Waals surface area (Å²) in [5.74, 6) is 0.831. The maximum absolute atomic E-state index is 9.99. The van der Waals surface area contributed by atoms with E-state index in [-0.39, 0.29) is 0 Å². The summed E-state index contributed by atoms with van der Waals surface area (Å²) in [6.07, 6.45) is 3.37. The van der Waals surface area contributed by atoms with Gasteiger partial charge in [-0.2, -0.15) is 0 Å². The van der Waals surface area contributed by atoms with Gasteiger partial charge in [-0.15, -0.1) is 0 Å². The molecule has 3 heteroatoms. The Morgan fingerprint density at radius 3 is 2.47 bits per heavy atom. The summed E-state index contributed by atoms with van der Waals surface area (Å²) in [5, 5.41) is 13.2. The quantitative estimate of drug-likeness (QED) is 0.719. The Morgan fingerprint density at radius 1 is 1.40 bits per heavy atom. The number of β-amino-alcohol motifs (C(OH)–C–C–N with tert-alkyl or cyclic N) is 1. The number of rotatable bonds is 5. The predicted molar refractivity (Wildman–Crippen MR) is 64.0 cm³/mol. The molecule has 1 aliphatic heterocycles. The van der Waals surface area contributed by atoms with E-state index in [1.165, 1.54) is 12.8 Å². The lowest BCUT2D eigenvalue weighted by Crippen LogP contribution is -2.45. The first kappa shape index (κ1) is 12.9. The third-order valence-electron chi connectivity index (χ3n) is 3.53. The SMILES string of the molecule is CCC(C)(O)CN1CCC(CNC)CC1. The number of likely N-dealkylation sites (tertiary alicyclic amines) is 1. The normalized spacial score (nSPS) is 24.0. The lowest BCUT2D eigenvalue weighted by molar-refractivity contribution is 0.00672. The van der Waals surface area contributed by atoms with E-state index in [1.54, 1.807) is 0 Å². The van der Waals surface area contributed by atoms with E-state index in [2.05, 4.69) is 10.2 Å². The molecule has 1 aliphatic rings. The van der Waals surface area contributed by atoms with Crippen LogP contribution < -0.4 is 5.32 Å². The molecule has 0 spiro atoms. The van der Waals surface area contributed by atoms with Crippen LogP contribution in [0.3, 0.4) is 0 Å². The van der Waals surface area contributed by atoms with E-state index in [9.17, 15) is 5.11 Å². The van der Waals surface area contributed by atoms with Gasteiger partial charge >= 0.3 is 0 Å². The van der Waals surface area contributed by atoms with Crippen molar-refractivity contribution in [3.63, 3.8) is 0 Å². The van der Waals surface area contributed by atoms with Crippen LogP contribution in [0.5, 0.6) is 0 Å². The Labute approximate surface area is 93.9 Å². The zero-order valence-electron chi connectivity index (χ0n) is 10.4. The lowest BCUT2D eigenvalue weighted by Gasteiger charge is -2.36. The highest BCUT2D eigenvalue weighted by Gasteiger charge is 2.25. The first-order valence-electron chi connectivity index (χ1n) is 6.16. The summed E-state index contributed by atoms with van der Waals surface area (Å²) in [4.78, 5) is 2.40. The van der Waals surface area contributed by atoms with Crippen molar-refractivity contribution in [1.82, 2.24) is 10.2 Å². The van der Waals surface area contributed by atoms with Crippen LogP contribution in [0.15, 0.2) is 0 Å². The molecule has 0 aromatic rings. The first-order chi connectivity index (χ1) is 7.07. The van der Waals surface area contributed by atoms with Gasteiger partial charge in [0, 0.05) is 6.54 Å². The number of hydrogen-bond acceptors (Lipinski definition) is 3. The molecule has 0 saturated carbocycles. The highest BCUT2D eigenvalue weighted by molar-refractivity contribution is 4.80. The van der Waals surface area contributed by atoms with Gasteiger partial charge in [0.05, 0.1) is 5.60 Å². The van der Waals surface area contributed by atoms with Gasteiger partial charge in [0.25, 0.3) is 0 Å². The highest BCUT2D eigenvalue weighted by atomic mass is 16.3. The molecule has 1 heterocycles. The molecule has 3 nitrogen and oxygen atoms in total. The molecule has 15 heavy (non-hydrogen) atoms. The van der Waals surface area contributed by atoms with Crippen LogP contribution in [0.1, 0.15) is 33.1 Å². The van der Waals surface area contributed by atoms with Crippen molar-refractivity contribution in [2.75, 3.05) is 33.2 Å². The van der Waals surface area contributed by atoms with Gasteiger partial charge < -0.3 is 15.3 Å². The minimum absolute atomic E-state index is 0.504. The molecule has 0 bridgehead atoms. The Morgan fingerprint density at radius 2 is 2.00 bits per heavy atom. The zero-order valence-corrected chi connectivity index (χ0v) is 10.4. The predicted octanol–water partition coefficient (Wildman–Crippen LogP) is 1.08. The fourth-order valence-corrected chi connectivity index (χ4v) is 2.23. The summed E-state index contributed by atoms with van der Waals surface area (Å²) in [5.41, 5.74) is -0.504. The van der Waals surface area contributed by atoms with E-state index in [0.717, 1.165) is 38.5 Å². The molecule has 0 aromatic heterocycles. The van der Waals surface area contributed by atoms with E-state index in [1.807, 2.05) is 20.9 Å². The van der Waals surface area contributed by atoms with E-state index >= 15 is 0 Å². The molecule has 90 valence electrons. The topological polar surface area (TPSA) is 35.5 Å². The Hall–Kier alpha value is -0.120. The molecule has 0 radical (unpaired) electrons. The maximum Gasteiger partial charge on any atom is 0.0743 e. The number of nitrogens with zero attached hydrogens (tertiary/aromatic N) is 1. The van der Waals surface area contributed by atoms with Crippen molar-refractivity contribution < 1.29 is 5.11 Å². The van der Waals surface area contributed by atoms with Crippen molar-refractivity contribution in [3.05, 3.63) is 0 Å². The minimum Gasteiger partial charge on any atom is -0.389 e. The summed E-state index contributed by atoms with van der Waals surface area (Å²) < 4.78 is 0. The molecule has 0 amide bonds. The van der Waals surface area contributed by atoms with Gasteiger partial charge in [0.1, 0.15) is 0 Å². The fourth-order valence-electron chi connectivity index (χ4n) is 2.23. The molecule has 0 aromatic carbocycles. The van der Waals surface area contributed by atoms with Crippen LogP contribution in [0.25, 0.3) is 0 Å². The van der Waals surface area contributed by atoms with Crippen LogP contribution in [0.2, 0.25) is 0 Å². The zero-order chi connectivity index (χ0) is 11.3. The second-order valence-electron chi connectivity index (χ2n) is 5.13. The minimum atomic E-state index is -0.504. The molecule has 1 saturated heterocycles. The van der Waals surface area contributed by atoms with Crippen molar-refractivity contribution in [1.29, 1.82) is 0 Å². The van der Waals surface area contributed by atoms with Crippen LogP contribution in [0.4, 0.5) is 0 Å². The number of nitrogens with one attached hydrogen (secondary N) is 1. The van der Waals surface area contributed by atoms with Crippen molar-refractivity contribution in [2.45, 2.75) is 38.7 Å². The van der Waals surface area contributed by atoms with Gasteiger partial charge in [-0.1, -0.05) is 6.92 Å². The molecule has 0 aliphatic carbocycles. The number of aliphatic hydroxyl groups is 1. The van der Waals surface area contributed by atoms with E-state index in [4.69, 9.17) is 0 Å². The summed E-state index contributed by atoms with van der Waals surface area (Å²) in [7, 11) is 2.02. The highest BCUT2D eigenvalue weighted by Crippen LogP contribution is 2.19. The molecule has 1 rings (SSSR count). The van der Waals surface area contributed by atoms with Gasteiger partial charge in [0.15, 0.2) is 0 Å². The summed E-state index contributed by atoms with van der Waals surface area (Å²) in [6.45, 7) is 8.24. The van der Waals surface area contributed by atoms with Crippen molar-refractivity contribution >= 4 is 0 Å². The van der Waals surface area contributed by atoms with Gasteiger partial charge in [-0.3, -0.25) is 0 Å². The molecule has 1 unspecified atom stereocenters. The standard InChI is InChI=1S/C12H26N2O/c1-4-12(2,15)10-14-7-5-11(6-8-14)9-13-3/h11,13,15H,4-10H2,1-3H3.